The Hall–Kier alpha value is -2.13. The van der Waals surface area contributed by atoms with Crippen LogP contribution < -0.4 is 4.57 Å². The molecule has 2 aliphatic rings. The number of hydrogen-bond donors (Lipinski definition) is 0. The number of aryl methyl sites for hydroxylation is 3. The van der Waals surface area contributed by atoms with Crippen LogP contribution in [0.4, 0.5) is 0 Å². The summed E-state index contributed by atoms with van der Waals surface area (Å²) in [4.78, 5) is 13.7. The lowest BCUT2D eigenvalue weighted by Gasteiger charge is -2.29. The maximum absolute atomic E-state index is 11.7. The minimum Gasteiger partial charge on any atom is -0.342 e. The van der Waals surface area contributed by atoms with Crippen LogP contribution in [0.5, 0.6) is 0 Å². The van der Waals surface area contributed by atoms with Gasteiger partial charge in [0.05, 0.1) is 5.57 Å². The number of nitrogens with zero attached hydrogens (tertiary/aromatic N) is 2. The number of carbonyl (C=O) groups excluding carboxylic acids is 1. The van der Waals surface area contributed by atoms with Crippen molar-refractivity contribution in [2.75, 3.05) is 13.1 Å². The predicted octanol–water partition coefficient (Wildman–Crippen LogP) is 3.71. The minimum absolute atomic E-state index is 0.174. The fourth-order valence-electron chi connectivity index (χ4n) is 4.32. The summed E-state index contributed by atoms with van der Waals surface area (Å²) in [5.41, 5.74) is 8.15. The smallest absolute Gasteiger partial charge is 0.219 e. The maximum atomic E-state index is 11.7. The summed E-state index contributed by atoms with van der Waals surface area (Å²) >= 11 is 6.29. The molecule has 134 valence electrons. The summed E-state index contributed by atoms with van der Waals surface area (Å²) in [6, 6.07) is 10.7. The van der Waals surface area contributed by atoms with Gasteiger partial charge in [-0.05, 0) is 55.0 Å². The van der Waals surface area contributed by atoms with Crippen molar-refractivity contribution >= 4 is 23.1 Å². The molecule has 1 aromatic heterocycles. The number of benzene rings is 1. The van der Waals surface area contributed by atoms with Crippen molar-refractivity contribution in [3.05, 3.63) is 69.5 Å². The largest absolute Gasteiger partial charge is 0.342 e. The molecule has 3 nitrogen and oxygen atoms in total. The summed E-state index contributed by atoms with van der Waals surface area (Å²) < 4.78 is 2.25. The molecular formula is C22H24ClN2O+. The van der Waals surface area contributed by atoms with Crippen LogP contribution in [0.3, 0.4) is 0 Å². The second kappa shape index (κ2) is 6.88. The van der Waals surface area contributed by atoms with Crippen molar-refractivity contribution in [1.29, 1.82) is 0 Å². The average Bonchev–Trinajstić information content (AvgIpc) is 2.79. The number of piperidine rings is 1. The molecule has 1 aliphatic carbocycles. The lowest BCUT2D eigenvalue weighted by molar-refractivity contribution is -0.674. The third-order valence-electron chi connectivity index (χ3n) is 5.67. The van der Waals surface area contributed by atoms with E-state index in [1.807, 2.05) is 11.0 Å². The normalized spacial score (nSPS) is 16.8. The van der Waals surface area contributed by atoms with E-state index in [1.54, 1.807) is 6.92 Å². The molecule has 0 N–H and O–H groups in total. The Morgan fingerprint density at radius 1 is 1.08 bits per heavy atom. The number of carbonyl (C=O) groups is 1. The lowest BCUT2D eigenvalue weighted by atomic mass is 9.88. The van der Waals surface area contributed by atoms with Gasteiger partial charge in [0.2, 0.25) is 11.6 Å². The van der Waals surface area contributed by atoms with E-state index in [9.17, 15) is 4.79 Å². The molecule has 0 saturated carbocycles. The number of amides is 1. The van der Waals surface area contributed by atoms with Crippen molar-refractivity contribution in [3.8, 4) is 0 Å². The van der Waals surface area contributed by atoms with Crippen LogP contribution in [-0.2, 0) is 24.7 Å². The first-order chi connectivity index (χ1) is 12.5. The number of aromatic nitrogens is 1. The Morgan fingerprint density at radius 2 is 1.81 bits per heavy atom. The number of hydrogen-bond acceptors (Lipinski definition) is 1. The van der Waals surface area contributed by atoms with E-state index in [-0.39, 0.29) is 5.91 Å². The first-order valence-corrected chi connectivity index (χ1v) is 9.66. The van der Waals surface area contributed by atoms with Gasteiger partial charge in [-0.25, -0.2) is 4.57 Å². The fourth-order valence-corrected chi connectivity index (χ4v) is 4.51. The molecule has 1 aromatic carbocycles. The minimum atomic E-state index is 0.174. The Bertz CT molecular complexity index is 906. The SMILES string of the molecule is CC(=O)N1CCC(=C2c3ccc(Cl)cc3CCc3ccc[n+](C)c32)CC1. The van der Waals surface area contributed by atoms with Gasteiger partial charge in [0.1, 0.15) is 7.05 Å². The highest BCUT2D eigenvalue weighted by molar-refractivity contribution is 6.30. The third kappa shape index (κ3) is 3.05. The van der Waals surface area contributed by atoms with Gasteiger partial charge >= 0.3 is 0 Å². The van der Waals surface area contributed by atoms with Gasteiger partial charge in [0, 0.05) is 36.7 Å². The number of rotatable bonds is 0. The van der Waals surface area contributed by atoms with Crippen molar-refractivity contribution in [2.24, 2.45) is 7.05 Å². The summed E-state index contributed by atoms with van der Waals surface area (Å²) in [6.45, 7) is 3.28. The number of likely N-dealkylation sites (tertiary alicyclic amines) is 1. The van der Waals surface area contributed by atoms with Gasteiger partial charge in [-0.2, -0.15) is 0 Å². The van der Waals surface area contributed by atoms with E-state index >= 15 is 0 Å². The van der Waals surface area contributed by atoms with Crippen LogP contribution >= 0.6 is 11.6 Å². The first-order valence-electron chi connectivity index (χ1n) is 9.29. The topological polar surface area (TPSA) is 24.2 Å². The van der Waals surface area contributed by atoms with E-state index in [0.29, 0.717) is 0 Å². The zero-order chi connectivity index (χ0) is 18.3. The quantitative estimate of drug-likeness (QED) is 0.651. The summed E-state index contributed by atoms with van der Waals surface area (Å²) in [5, 5.41) is 0.801. The van der Waals surface area contributed by atoms with Gasteiger partial charge in [-0.15, -0.1) is 0 Å². The first kappa shape index (κ1) is 17.3. The van der Waals surface area contributed by atoms with Crippen LogP contribution in [0.25, 0.3) is 5.57 Å². The van der Waals surface area contributed by atoms with Crippen LogP contribution in [0.1, 0.15) is 42.1 Å². The molecule has 4 heteroatoms. The van der Waals surface area contributed by atoms with Crippen molar-refractivity contribution in [3.63, 3.8) is 0 Å². The van der Waals surface area contributed by atoms with E-state index in [0.717, 1.165) is 43.8 Å². The van der Waals surface area contributed by atoms with Crippen LogP contribution in [-0.4, -0.2) is 23.9 Å². The highest BCUT2D eigenvalue weighted by Gasteiger charge is 2.29. The highest BCUT2D eigenvalue weighted by atomic mass is 35.5. The van der Waals surface area contributed by atoms with E-state index in [2.05, 4.69) is 42.1 Å². The lowest BCUT2D eigenvalue weighted by Crippen LogP contribution is -2.37. The molecule has 26 heavy (non-hydrogen) atoms. The van der Waals surface area contributed by atoms with Crippen molar-refractivity contribution in [2.45, 2.75) is 32.6 Å². The van der Waals surface area contributed by atoms with Crippen molar-refractivity contribution < 1.29 is 9.36 Å². The predicted molar refractivity (Wildman–Crippen MR) is 104 cm³/mol. The Balaban J connectivity index is 1.90. The Morgan fingerprint density at radius 3 is 2.54 bits per heavy atom. The maximum Gasteiger partial charge on any atom is 0.219 e. The fraction of sp³-hybridized carbons (Fsp3) is 0.364. The molecule has 2 heterocycles. The molecule has 1 fully saturated rings. The van der Waals surface area contributed by atoms with Gasteiger partial charge in [0.15, 0.2) is 6.20 Å². The molecule has 1 aliphatic heterocycles. The van der Waals surface area contributed by atoms with E-state index < -0.39 is 0 Å². The summed E-state index contributed by atoms with van der Waals surface area (Å²) in [6.07, 6.45) is 6.03. The zero-order valence-electron chi connectivity index (χ0n) is 15.4. The van der Waals surface area contributed by atoms with Crippen LogP contribution in [0.2, 0.25) is 5.02 Å². The Kier molecular flexibility index (Phi) is 4.58. The molecule has 0 atom stereocenters. The molecule has 0 bridgehead atoms. The van der Waals surface area contributed by atoms with Crippen LogP contribution in [0.15, 0.2) is 42.1 Å². The molecule has 0 unspecified atom stereocenters. The third-order valence-corrected chi connectivity index (χ3v) is 5.90. The Labute approximate surface area is 159 Å². The molecule has 1 saturated heterocycles. The number of halogens is 1. The number of pyridine rings is 1. The zero-order valence-corrected chi connectivity index (χ0v) is 16.1. The van der Waals surface area contributed by atoms with E-state index in [4.69, 9.17) is 11.6 Å². The molecule has 0 spiro atoms. The van der Waals surface area contributed by atoms with Gasteiger partial charge in [0.25, 0.3) is 0 Å². The highest BCUT2D eigenvalue weighted by Crippen LogP contribution is 2.37. The standard InChI is InChI=1S/C22H24ClN2O/c1-15(26)25-12-9-16(10-13-25)21-20-8-7-19(23)14-18(20)6-5-17-4-3-11-24(2)22(17)21/h3-4,7-8,11,14H,5-6,9-10,12-13H2,1-2H3/q+1. The molecular weight excluding hydrogens is 344 g/mol. The number of fused-ring (bicyclic) bond motifs is 2. The summed E-state index contributed by atoms with van der Waals surface area (Å²) in [5.74, 6) is 0.174. The summed E-state index contributed by atoms with van der Waals surface area (Å²) in [7, 11) is 2.13. The molecule has 2 aromatic rings. The molecule has 0 radical (unpaired) electrons. The molecule has 4 rings (SSSR count). The average molecular weight is 368 g/mol. The van der Waals surface area contributed by atoms with Crippen molar-refractivity contribution in [1.82, 2.24) is 4.90 Å². The van der Waals surface area contributed by atoms with E-state index in [1.165, 1.54) is 33.5 Å². The second-order valence-electron chi connectivity index (χ2n) is 7.28. The molecule has 1 amide bonds. The monoisotopic (exact) mass is 367 g/mol. The van der Waals surface area contributed by atoms with Gasteiger partial charge in [-0.1, -0.05) is 23.2 Å². The second-order valence-corrected chi connectivity index (χ2v) is 7.72. The van der Waals surface area contributed by atoms with Crippen LogP contribution in [0, 0.1) is 0 Å². The van der Waals surface area contributed by atoms with Gasteiger partial charge < -0.3 is 4.90 Å². The van der Waals surface area contributed by atoms with Gasteiger partial charge in [-0.3, -0.25) is 4.79 Å².